The molecule has 1 aromatic rings. The Kier molecular flexibility index (Phi) is 5.40. The zero-order valence-corrected chi connectivity index (χ0v) is 13.8. The van der Waals surface area contributed by atoms with Gasteiger partial charge < -0.3 is 10.1 Å². The molecule has 0 aromatic carbocycles. The molecule has 1 atom stereocenters. The van der Waals surface area contributed by atoms with Gasteiger partial charge in [0.1, 0.15) is 0 Å². The molecule has 21 heavy (non-hydrogen) atoms. The molecule has 1 saturated heterocycles. The number of rotatable bonds is 7. The van der Waals surface area contributed by atoms with Crippen molar-refractivity contribution in [2.75, 3.05) is 31.8 Å². The molecule has 1 aliphatic heterocycles. The molecule has 1 unspecified atom stereocenters. The first kappa shape index (κ1) is 16.5. The van der Waals surface area contributed by atoms with Gasteiger partial charge in [-0.25, -0.2) is 8.42 Å². The molecular formula is C14H25N3O3S. The maximum absolute atomic E-state index is 11.7. The van der Waals surface area contributed by atoms with Crippen molar-refractivity contribution in [3.8, 4) is 0 Å². The molecule has 2 rings (SSSR count). The van der Waals surface area contributed by atoms with Crippen LogP contribution in [0, 0.1) is 0 Å². The van der Waals surface area contributed by atoms with Crippen molar-refractivity contribution in [2.24, 2.45) is 0 Å². The van der Waals surface area contributed by atoms with Gasteiger partial charge in [0.2, 0.25) is 0 Å². The van der Waals surface area contributed by atoms with E-state index < -0.39 is 9.84 Å². The number of hydrogen-bond acceptors (Lipinski definition) is 5. The van der Waals surface area contributed by atoms with E-state index in [2.05, 4.69) is 24.3 Å². The van der Waals surface area contributed by atoms with Gasteiger partial charge in [-0.2, -0.15) is 5.10 Å². The van der Waals surface area contributed by atoms with E-state index in [1.54, 1.807) is 7.11 Å². The second-order valence-corrected chi connectivity index (χ2v) is 8.11. The summed E-state index contributed by atoms with van der Waals surface area (Å²) in [6, 6.07) is -0.0138. The minimum atomic E-state index is -2.89. The molecule has 1 aliphatic rings. The van der Waals surface area contributed by atoms with E-state index in [1.807, 2.05) is 10.9 Å². The Morgan fingerprint density at radius 3 is 2.86 bits per heavy atom. The van der Waals surface area contributed by atoms with Crippen LogP contribution in [0.2, 0.25) is 0 Å². The molecule has 1 N–H and O–H groups in total. The Hall–Kier alpha value is -0.920. The number of ether oxygens (including phenoxy) is 1. The number of nitrogens with zero attached hydrogens (tertiary/aromatic N) is 2. The summed E-state index contributed by atoms with van der Waals surface area (Å²) in [5, 5.41) is 7.79. The first-order chi connectivity index (χ1) is 9.94. The van der Waals surface area contributed by atoms with Crippen LogP contribution in [-0.2, 0) is 21.1 Å². The molecule has 1 fully saturated rings. The predicted molar refractivity (Wildman–Crippen MR) is 82.2 cm³/mol. The molecule has 0 aliphatic carbocycles. The van der Waals surface area contributed by atoms with Gasteiger partial charge in [-0.1, -0.05) is 13.8 Å². The predicted octanol–water partition coefficient (Wildman–Crippen LogP) is 1.10. The minimum absolute atomic E-state index is 0.0138. The summed E-state index contributed by atoms with van der Waals surface area (Å²) in [7, 11) is -1.21. The molecule has 0 spiro atoms. The third kappa shape index (κ3) is 4.05. The first-order valence-electron chi connectivity index (χ1n) is 7.41. The van der Waals surface area contributed by atoms with E-state index >= 15 is 0 Å². The van der Waals surface area contributed by atoms with Gasteiger partial charge >= 0.3 is 0 Å². The lowest BCUT2D eigenvalue weighted by Crippen LogP contribution is -2.20. The van der Waals surface area contributed by atoms with Gasteiger partial charge in [0.25, 0.3) is 0 Å². The monoisotopic (exact) mass is 315 g/mol. The molecule has 120 valence electrons. The fraction of sp³-hybridized carbons (Fsp3) is 0.786. The highest BCUT2D eigenvalue weighted by atomic mass is 32.2. The van der Waals surface area contributed by atoms with Crippen molar-refractivity contribution in [3.05, 3.63) is 17.5 Å². The highest BCUT2D eigenvalue weighted by Crippen LogP contribution is 2.29. The fourth-order valence-electron chi connectivity index (χ4n) is 2.84. The third-order valence-corrected chi connectivity index (χ3v) is 5.56. The lowest BCUT2D eigenvalue weighted by atomic mass is 10.0. The SMILES string of the molecule is COCCNCc1cnn(C2CCS(=O)(=O)C2)c1C(C)C. The highest BCUT2D eigenvalue weighted by molar-refractivity contribution is 7.91. The van der Waals surface area contributed by atoms with Gasteiger partial charge in [0, 0.05) is 31.5 Å². The number of aromatic nitrogens is 2. The molecular weight excluding hydrogens is 290 g/mol. The van der Waals surface area contributed by atoms with Crippen molar-refractivity contribution < 1.29 is 13.2 Å². The van der Waals surface area contributed by atoms with Crippen LogP contribution in [0.25, 0.3) is 0 Å². The van der Waals surface area contributed by atoms with Crippen molar-refractivity contribution in [2.45, 2.75) is 38.8 Å². The second-order valence-electron chi connectivity index (χ2n) is 5.88. The standard InChI is InChI=1S/C14H25N3O3S/c1-11(2)14-12(8-15-5-6-20-3)9-16-17(14)13-4-7-21(18,19)10-13/h9,11,13,15H,4-8,10H2,1-3H3. The van der Waals surface area contributed by atoms with E-state index in [1.165, 1.54) is 0 Å². The number of sulfone groups is 1. The topological polar surface area (TPSA) is 73.2 Å². The van der Waals surface area contributed by atoms with E-state index in [0.29, 0.717) is 18.9 Å². The summed E-state index contributed by atoms with van der Waals surface area (Å²) >= 11 is 0. The Bertz CT molecular complexity index is 566. The average Bonchev–Trinajstić information content (AvgIpc) is 2.97. The highest BCUT2D eigenvalue weighted by Gasteiger charge is 2.31. The largest absolute Gasteiger partial charge is 0.383 e. The van der Waals surface area contributed by atoms with Crippen LogP contribution < -0.4 is 5.32 Å². The molecule has 2 heterocycles. The fourth-order valence-corrected chi connectivity index (χ4v) is 4.53. The van der Waals surface area contributed by atoms with Crippen LogP contribution in [0.1, 0.15) is 43.5 Å². The van der Waals surface area contributed by atoms with E-state index in [-0.39, 0.29) is 17.5 Å². The van der Waals surface area contributed by atoms with E-state index in [0.717, 1.165) is 24.3 Å². The molecule has 7 heteroatoms. The van der Waals surface area contributed by atoms with Crippen LogP contribution >= 0.6 is 0 Å². The smallest absolute Gasteiger partial charge is 0.152 e. The second kappa shape index (κ2) is 6.89. The van der Waals surface area contributed by atoms with Gasteiger partial charge in [-0.05, 0) is 12.3 Å². The van der Waals surface area contributed by atoms with Gasteiger partial charge in [0.05, 0.1) is 30.4 Å². The first-order valence-corrected chi connectivity index (χ1v) is 9.23. The average molecular weight is 315 g/mol. The molecule has 0 bridgehead atoms. The van der Waals surface area contributed by atoms with Crippen molar-refractivity contribution >= 4 is 9.84 Å². The Morgan fingerprint density at radius 1 is 1.52 bits per heavy atom. The van der Waals surface area contributed by atoms with Crippen molar-refractivity contribution in [3.63, 3.8) is 0 Å². The van der Waals surface area contributed by atoms with E-state index in [9.17, 15) is 8.42 Å². The zero-order chi connectivity index (χ0) is 15.5. The molecule has 0 radical (unpaired) electrons. The number of nitrogens with one attached hydrogen (secondary N) is 1. The van der Waals surface area contributed by atoms with Crippen LogP contribution in [0.4, 0.5) is 0 Å². The third-order valence-electron chi connectivity index (χ3n) is 3.81. The maximum atomic E-state index is 11.7. The molecule has 0 saturated carbocycles. The van der Waals surface area contributed by atoms with E-state index in [4.69, 9.17) is 4.74 Å². The zero-order valence-electron chi connectivity index (χ0n) is 13.0. The molecule has 0 amide bonds. The maximum Gasteiger partial charge on any atom is 0.152 e. The lowest BCUT2D eigenvalue weighted by molar-refractivity contribution is 0.199. The minimum Gasteiger partial charge on any atom is -0.383 e. The van der Waals surface area contributed by atoms with Crippen molar-refractivity contribution in [1.29, 1.82) is 0 Å². The summed E-state index contributed by atoms with van der Waals surface area (Å²) < 4.78 is 30.3. The summed E-state index contributed by atoms with van der Waals surface area (Å²) in [6.07, 6.45) is 2.53. The quantitative estimate of drug-likeness (QED) is 0.763. The van der Waals surface area contributed by atoms with Gasteiger partial charge in [0.15, 0.2) is 9.84 Å². The Labute approximate surface area is 126 Å². The Morgan fingerprint density at radius 2 is 2.29 bits per heavy atom. The Balaban J connectivity index is 2.13. The van der Waals surface area contributed by atoms with Gasteiger partial charge in [-0.3, -0.25) is 4.68 Å². The lowest BCUT2D eigenvalue weighted by Gasteiger charge is -2.17. The normalized spacial score (nSPS) is 21.2. The molecule has 6 nitrogen and oxygen atoms in total. The van der Waals surface area contributed by atoms with Gasteiger partial charge in [-0.15, -0.1) is 0 Å². The van der Waals surface area contributed by atoms with Crippen LogP contribution in [0.5, 0.6) is 0 Å². The molecule has 1 aromatic heterocycles. The van der Waals surface area contributed by atoms with Crippen LogP contribution in [0.15, 0.2) is 6.20 Å². The number of methoxy groups -OCH3 is 1. The van der Waals surface area contributed by atoms with Crippen molar-refractivity contribution in [1.82, 2.24) is 15.1 Å². The summed E-state index contributed by atoms with van der Waals surface area (Å²) in [6.45, 7) is 6.44. The summed E-state index contributed by atoms with van der Waals surface area (Å²) in [4.78, 5) is 0. The van der Waals surface area contributed by atoms with Crippen LogP contribution in [0.3, 0.4) is 0 Å². The number of hydrogen-bond donors (Lipinski definition) is 1. The van der Waals surface area contributed by atoms with Crippen LogP contribution in [-0.4, -0.2) is 50.0 Å². The summed E-state index contributed by atoms with van der Waals surface area (Å²) in [5.74, 6) is 0.802. The summed E-state index contributed by atoms with van der Waals surface area (Å²) in [5.41, 5.74) is 2.28.